The van der Waals surface area contributed by atoms with Crippen molar-refractivity contribution in [3.63, 3.8) is 0 Å². The Hall–Kier alpha value is -1.70. The molecule has 2 atom stereocenters. The fraction of sp³-hybridized carbons (Fsp3) is 0.500. The Morgan fingerprint density at radius 2 is 2.31 bits per heavy atom. The minimum absolute atomic E-state index is 0.395. The highest BCUT2D eigenvalue weighted by molar-refractivity contribution is 5.93. The molecule has 0 saturated carbocycles. The molecule has 0 aromatic heterocycles. The first-order valence-corrected chi connectivity index (χ1v) is 3.83. The Kier molecular flexibility index (Phi) is 2.42. The Balaban J connectivity index is 2.85. The Morgan fingerprint density at radius 3 is 2.69 bits per heavy atom. The highest BCUT2D eigenvalue weighted by Gasteiger charge is 2.39. The monoisotopic (exact) mass is 182 g/mol. The van der Waals surface area contributed by atoms with Crippen molar-refractivity contribution >= 4 is 12.1 Å². The lowest BCUT2D eigenvalue weighted by Crippen LogP contribution is -2.37. The summed E-state index contributed by atoms with van der Waals surface area (Å²) < 4.78 is 0. The normalized spacial score (nSPS) is 26.3. The van der Waals surface area contributed by atoms with Crippen molar-refractivity contribution in [2.75, 3.05) is 0 Å². The molecule has 1 aliphatic rings. The zero-order valence-electron chi connectivity index (χ0n) is 7.37. The molecule has 5 nitrogen and oxygen atoms in total. The average Bonchev–Trinajstić information content (AvgIpc) is 2.28. The molecule has 3 amide bonds. The average molecular weight is 182 g/mol. The second kappa shape index (κ2) is 3.35. The van der Waals surface area contributed by atoms with Gasteiger partial charge in [0.2, 0.25) is 0 Å². The van der Waals surface area contributed by atoms with Gasteiger partial charge in [-0.3, -0.25) is 0 Å². The topological polar surface area (TPSA) is 69.6 Å². The van der Waals surface area contributed by atoms with Crippen LogP contribution in [0.1, 0.15) is 13.8 Å². The van der Waals surface area contributed by atoms with Crippen molar-refractivity contribution in [3.05, 3.63) is 0 Å². The first-order valence-electron chi connectivity index (χ1n) is 3.83. The van der Waals surface area contributed by atoms with E-state index in [9.17, 15) is 9.59 Å². The third-order valence-electron chi connectivity index (χ3n) is 1.89. The van der Waals surface area contributed by atoms with Gasteiger partial charge in [0.15, 0.2) is 0 Å². The van der Waals surface area contributed by atoms with Crippen LogP contribution < -0.4 is 5.32 Å². The van der Waals surface area contributed by atoms with Crippen molar-refractivity contribution in [2.24, 2.45) is 0 Å². The zero-order chi connectivity index (χ0) is 10.0. The summed E-state index contributed by atoms with van der Waals surface area (Å²) in [6.45, 7) is 3.28. The Morgan fingerprint density at radius 1 is 1.69 bits per heavy atom. The Labute approximate surface area is 75.7 Å². The summed E-state index contributed by atoms with van der Waals surface area (Å²) in [5.41, 5.74) is 0. The molecule has 2 N–H and O–H groups in total. The van der Waals surface area contributed by atoms with E-state index in [2.05, 4.69) is 17.2 Å². The van der Waals surface area contributed by atoms with E-state index in [1.54, 1.807) is 13.8 Å². The van der Waals surface area contributed by atoms with Gasteiger partial charge in [0.25, 0.3) is 0 Å². The molecule has 0 aromatic rings. The van der Waals surface area contributed by atoms with Gasteiger partial charge < -0.3 is 10.4 Å². The predicted molar refractivity (Wildman–Crippen MR) is 45.1 cm³/mol. The minimum atomic E-state index is -1.24. The van der Waals surface area contributed by atoms with E-state index < -0.39 is 24.2 Å². The zero-order valence-corrected chi connectivity index (χ0v) is 7.37. The molecule has 1 heterocycles. The third-order valence-corrected chi connectivity index (χ3v) is 1.89. The van der Waals surface area contributed by atoms with Crippen LogP contribution in [0.3, 0.4) is 0 Å². The highest BCUT2D eigenvalue weighted by atomic mass is 16.4. The van der Waals surface area contributed by atoms with E-state index in [-0.39, 0.29) is 0 Å². The number of amides is 3. The van der Waals surface area contributed by atoms with Crippen molar-refractivity contribution in [2.45, 2.75) is 25.9 Å². The van der Waals surface area contributed by atoms with Crippen LogP contribution in [0.4, 0.5) is 9.59 Å². The molecule has 70 valence electrons. The van der Waals surface area contributed by atoms with E-state index in [4.69, 9.17) is 5.11 Å². The minimum Gasteiger partial charge on any atom is -0.465 e. The first-order chi connectivity index (χ1) is 6.07. The van der Waals surface area contributed by atoms with Crippen molar-refractivity contribution < 1.29 is 14.7 Å². The molecule has 0 aromatic carbocycles. The fourth-order valence-electron chi connectivity index (χ4n) is 1.23. The number of nitrogens with zero attached hydrogens (tertiary/aromatic N) is 1. The number of hydrogen-bond acceptors (Lipinski definition) is 2. The Bertz CT molecular complexity index is 302. The summed E-state index contributed by atoms with van der Waals surface area (Å²) in [4.78, 5) is 22.4. The van der Waals surface area contributed by atoms with E-state index in [0.717, 1.165) is 4.90 Å². The molecule has 1 saturated heterocycles. The second-order valence-corrected chi connectivity index (χ2v) is 2.71. The highest BCUT2D eigenvalue weighted by Crippen LogP contribution is 2.12. The maximum atomic E-state index is 11.1. The molecule has 1 rings (SSSR count). The van der Waals surface area contributed by atoms with Gasteiger partial charge in [0.05, 0.1) is 6.04 Å². The van der Waals surface area contributed by atoms with E-state index in [0.29, 0.717) is 0 Å². The van der Waals surface area contributed by atoms with Gasteiger partial charge in [-0.15, -0.1) is 5.92 Å². The largest absolute Gasteiger partial charge is 0.465 e. The summed E-state index contributed by atoms with van der Waals surface area (Å²) >= 11 is 0. The van der Waals surface area contributed by atoms with Gasteiger partial charge in [-0.05, 0) is 13.8 Å². The van der Waals surface area contributed by atoms with Gasteiger partial charge in [0.1, 0.15) is 6.04 Å². The lowest BCUT2D eigenvalue weighted by Gasteiger charge is -2.14. The van der Waals surface area contributed by atoms with Crippen LogP contribution in [0.15, 0.2) is 0 Å². The van der Waals surface area contributed by atoms with Gasteiger partial charge in [0, 0.05) is 0 Å². The molecular formula is C8H10N2O3. The van der Waals surface area contributed by atoms with Gasteiger partial charge in [-0.25, -0.2) is 14.5 Å². The number of urea groups is 1. The van der Waals surface area contributed by atoms with Gasteiger partial charge >= 0.3 is 12.1 Å². The molecular weight excluding hydrogens is 172 g/mol. The molecule has 0 radical (unpaired) electrons. The standard InChI is InChI=1S/C8H10N2O3/c1-3-4-6-5(2)10(8(12)13)7(11)9-6/h5-6H,1-2H3,(H,9,11)(H,12,13)/t5-,6?/m0/s1. The fourth-order valence-corrected chi connectivity index (χ4v) is 1.23. The summed E-state index contributed by atoms with van der Waals surface area (Å²) in [5.74, 6) is 5.36. The van der Waals surface area contributed by atoms with E-state index in [1.165, 1.54) is 0 Å². The van der Waals surface area contributed by atoms with E-state index in [1.807, 2.05) is 0 Å². The molecule has 1 aliphatic heterocycles. The molecule has 1 fully saturated rings. The lowest BCUT2D eigenvalue weighted by atomic mass is 10.1. The quantitative estimate of drug-likeness (QED) is 0.535. The number of nitrogens with one attached hydrogen (secondary N) is 1. The smallest absolute Gasteiger partial charge is 0.415 e. The number of imide groups is 1. The SMILES string of the molecule is CC#CC1NC(=O)N(C(=O)O)[C@H]1C. The van der Waals surface area contributed by atoms with Crippen LogP contribution in [0.5, 0.6) is 0 Å². The van der Waals surface area contributed by atoms with Crippen LogP contribution >= 0.6 is 0 Å². The van der Waals surface area contributed by atoms with Gasteiger partial charge in [-0.1, -0.05) is 5.92 Å². The van der Waals surface area contributed by atoms with E-state index >= 15 is 0 Å². The number of carbonyl (C=O) groups excluding carboxylic acids is 1. The lowest BCUT2D eigenvalue weighted by molar-refractivity contribution is 0.147. The number of carbonyl (C=O) groups is 2. The van der Waals surface area contributed by atoms with Crippen molar-refractivity contribution in [3.8, 4) is 11.8 Å². The van der Waals surface area contributed by atoms with Crippen LogP contribution in [0.25, 0.3) is 0 Å². The molecule has 1 unspecified atom stereocenters. The van der Waals surface area contributed by atoms with Gasteiger partial charge in [-0.2, -0.15) is 0 Å². The first kappa shape index (κ1) is 9.39. The van der Waals surface area contributed by atoms with Crippen LogP contribution in [0, 0.1) is 11.8 Å². The molecule has 0 aliphatic carbocycles. The summed E-state index contributed by atoms with van der Waals surface area (Å²) in [7, 11) is 0. The third kappa shape index (κ3) is 1.56. The molecule has 0 bridgehead atoms. The van der Waals surface area contributed by atoms with Crippen molar-refractivity contribution in [1.82, 2.24) is 10.2 Å². The number of rotatable bonds is 0. The molecule has 0 spiro atoms. The van der Waals surface area contributed by atoms with Crippen LogP contribution in [-0.4, -0.2) is 34.2 Å². The van der Waals surface area contributed by atoms with Crippen LogP contribution in [0.2, 0.25) is 0 Å². The summed E-state index contributed by atoms with van der Waals surface area (Å²) in [6, 6.07) is -1.43. The predicted octanol–water partition coefficient (Wildman–Crippen LogP) is 0.470. The summed E-state index contributed by atoms with van der Waals surface area (Å²) in [6.07, 6.45) is -1.24. The molecule has 5 heteroatoms. The molecule has 13 heavy (non-hydrogen) atoms. The maximum absolute atomic E-state index is 11.1. The number of carboxylic acid groups (broad SMARTS) is 1. The summed E-state index contributed by atoms with van der Waals surface area (Å²) in [5, 5.41) is 11.1. The second-order valence-electron chi connectivity index (χ2n) is 2.71. The number of hydrogen-bond donors (Lipinski definition) is 2. The van der Waals surface area contributed by atoms with Crippen molar-refractivity contribution in [1.29, 1.82) is 0 Å². The maximum Gasteiger partial charge on any atom is 0.415 e. The van der Waals surface area contributed by atoms with Crippen LogP contribution in [-0.2, 0) is 0 Å².